The van der Waals surface area contributed by atoms with E-state index in [2.05, 4.69) is 4.98 Å². The number of aromatic nitrogens is 1. The summed E-state index contributed by atoms with van der Waals surface area (Å²) in [4.78, 5) is 6.30. The van der Waals surface area contributed by atoms with Gasteiger partial charge in [-0.25, -0.2) is 0 Å². The highest BCUT2D eigenvalue weighted by atomic mass is 16.4. The summed E-state index contributed by atoms with van der Waals surface area (Å²) < 4.78 is 11.2. The highest BCUT2D eigenvalue weighted by Crippen LogP contribution is 2.29. The number of aryl methyl sites for hydroxylation is 1. The van der Waals surface area contributed by atoms with Gasteiger partial charge in [0.15, 0.2) is 5.58 Å². The van der Waals surface area contributed by atoms with Crippen LogP contribution in [0, 0.1) is 6.92 Å². The molecule has 3 rings (SSSR count). The van der Waals surface area contributed by atoms with Gasteiger partial charge < -0.3 is 13.7 Å². The fourth-order valence-corrected chi connectivity index (χ4v) is 1.81. The molecule has 0 aliphatic carbocycles. The third-order valence-electron chi connectivity index (χ3n) is 2.55. The number of nitrogens with zero attached hydrogens (tertiary/aromatic N) is 2. The summed E-state index contributed by atoms with van der Waals surface area (Å²) in [5.41, 5.74) is 2.50. The standard InChI is InChI=1S/C12H12N2O2/c1-7-6-8-9(15-7)4-5-10-11(8)13-12(16-10)14(2)3/h4-6H,1-3H3. The van der Waals surface area contributed by atoms with E-state index in [1.54, 1.807) is 0 Å². The number of oxazole rings is 1. The maximum atomic E-state index is 5.62. The van der Waals surface area contributed by atoms with Gasteiger partial charge in [-0.15, -0.1) is 0 Å². The van der Waals surface area contributed by atoms with Gasteiger partial charge >= 0.3 is 0 Å². The maximum absolute atomic E-state index is 5.62. The Morgan fingerprint density at radius 1 is 1.12 bits per heavy atom. The van der Waals surface area contributed by atoms with Crippen LogP contribution in [0.1, 0.15) is 5.76 Å². The van der Waals surface area contributed by atoms with Gasteiger partial charge in [-0.2, -0.15) is 4.98 Å². The molecule has 3 aromatic rings. The summed E-state index contributed by atoms with van der Waals surface area (Å²) in [6.45, 7) is 1.93. The molecule has 0 unspecified atom stereocenters. The zero-order chi connectivity index (χ0) is 11.3. The van der Waals surface area contributed by atoms with Crippen molar-refractivity contribution in [2.75, 3.05) is 19.0 Å². The molecule has 0 aliphatic rings. The van der Waals surface area contributed by atoms with Gasteiger partial charge in [0.25, 0.3) is 6.01 Å². The van der Waals surface area contributed by atoms with Crippen molar-refractivity contribution in [1.82, 2.24) is 4.98 Å². The summed E-state index contributed by atoms with van der Waals surface area (Å²) in [6.07, 6.45) is 0. The van der Waals surface area contributed by atoms with Crippen LogP contribution in [-0.2, 0) is 0 Å². The molecule has 2 aromatic heterocycles. The first kappa shape index (κ1) is 9.27. The SMILES string of the molecule is Cc1cc2c(ccc3oc(N(C)C)nc32)o1. The third kappa shape index (κ3) is 1.19. The zero-order valence-corrected chi connectivity index (χ0v) is 9.44. The van der Waals surface area contributed by atoms with E-state index < -0.39 is 0 Å². The van der Waals surface area contributed by atoms with Crippen molar-refractivity contribution in [3.05, 3.63) is 24.0 Å². The second kappa shape index (κ2) is 3.01. The van der Waals surface area contributed by atoms with Crippen LogP contribution in [0.4, 0.5) is 6.01 Å². The lowest BCUT2D eigenvalue weighted by atomic mass is 10.2. The zero-order valence-electron chi connectivity index (χ0n) is 9.44. The van der Waals surface area contributed by atoms with Crippen LogP contribution in [0.3, 0.4) is 0 Å². The van der Waals surface area contributed by atoms with Crippen LogP contribution in [0.2, 0.25) is 0 Å². The van der Waals surface area contributed by atoms with Crippen LogP contribution in [0.15, 0.2) is 27.0 Å². The molecule has 16 heavy (non-hydrogen) atoms. The molecule has 0 fully saturated rings. The lowest BCUT2D eigenvalue weighted by Gasteiger charge is -2.03. The average Bonchev–Trinajstić information content (AvgIpc) is 2.77. The third-order valence-corrected chi connectivity index (χ3v) is 2.55. The molecule has 0 N–H and O–H groups in total. The van der Waals surface area contributed by atoms with E-state index in [0.29, 0.717) is 6.01 Å². The first-order valence-electron chi connectivity index (χ1n) is 5.12. The minimum Gasteiger partial charge on any atom is -0.461 e. The Balaban J connectivity index is 2.40. The van der Waals surface area contributed by atoms with Gasteiger partial charge in [0.05, 0.1) is 5.39 Å². The molecule has 4 nitrogen and oxygen atoms in total. The van der Waals surface area contributed by atoms with E-state index in [1.807, 2.05) is 44.1 Å². The molecule has 2 heterocycles. The van der Waals surface area contributed by atoms with E-state index in [4.69, 9.17) is 8.83 Å². The second-order valence-electron chi connectivity index (χ2n) is 4.07. The van der Waals surface area contributed by atoms with Gasteiger partial charge in [-0.05, 0) is 25.1 Å². The predicted octanol–water partition coefficient (Wildman–Crippen LogP) is 2.95. The molecule has 0 aliphatic heterocycles. The highest BCUT2D eigenvalue weighted by molar-refractivity contribution is 6.02. The molecule has 0 atom stereocenters. The molecule has 0 saturated heterocycles. The van der Waals surface area contributed by atoms with Gasteiger partial charge in [0, 0.05) is 14.1 Å². The molecule has 0 bridgehead atoms. The smallest absolute Gasteiger partial charge is 0.297 e. The van der Waals surface area contributed by atoms with Crippen molar-refractivity contribution >= 4 is 28.1 Å². The fourth-order valence-electron chi connectivity index (χ4n) is 1.81. The Hall–Kier alpha value is -1.97. The molecule has 0 radical (unpaired) electrons. The van der Waals surface area contributed by atoms with Gasteiger partial charge in [-0.3, -0.25) is 0 Å². The number of benzene rings is 1. The lowest BCUT2D eigenvalue weighted by Crippen LogP contribution is -2.08. The van der Waals surface area contributed by atoms with Crippen LogP contribution < -0.4 is 4.90 Å². The van der Waals surface area contributed by atoms with Crippen LogP contribution >= 0.6 is 0 Å². The Bertz CT molecular complexity index is 664. The van der Waals surface area contributed by atoms with E-state index in [1.165, 1.54) is 0 Å². The van der Waals surface area contributed by atoms with Crippen LogP contribution in [-0.4, -0.2) is 19.1 Å². The minimum atomic E-state index is 0.612. The molecule has 1 aromatic carbocycles. The molecule has 82 valence electrons. The first-order valence-corrected chi connectivity index (χ1v) is 5.12. The lowest BCUT2D eigenvalue weighted by molar-refractivity contribution is 0.578. The van der Waals surface area contributed by atoms with Crippen molar-refractivity contribution in [3.63, 3.8) is 0 Å². The van der Waals surface area contributed by atoms with E-state index in [9.17, 15) is 0 Å². The molecule has 0 saturated carbocycles. The Kier molecular flexibility index (Phi) is 1.74. The topological polar surface area (TPSA) is 42.4 Å². The van der Waals surface area contributed by atoms with Crippen molar-refractivity contribution in [2.45, 2.75) is 6.92 Å². The number of rotatable bonds is 1. The highest BCUT2D eigenvalue weighted by Gasteiger charge is 2.12. The maximum Gasteiger partial charge on any atom is 0.297 e. The fraction of sp³-hybridized carbons (Fsp3) is 0.250. The van der Waals surface area contributed by atoms with Crippen molar-refractivity contribution in [2.24, 2.45) is 0 Å². The van der Waals surface area contributed by atoms with Gasteiger partial charge in [0.1, 0.15) is 16.9 Å². The molecule has 0 amide bonds. The van der Waals surface area contributed by atoms with Crippen molar-refractivity contribution in [3.8, 4) is 0 Å². The number of anilines is 1. The summed E-state index contributed by atoms with van der Waals surface area (Å²) in [5, 5.41) is 1.01. The first-order chi connectivity index (χ1) is 7.65. The molecular weight excluding hydrogens is 204 g/mol. The summed E-state index contributed by atoms with van der Waals surface area (Å²) in [7, 11) is 3.81. The summed E-state index contributed by atoms with van der Waals surface area (Å²) in [5.74, 6) is 0.886. The van der Waals surface area contributed by atoms with Crippen molar-refractivity contribution in [1.29, 1.82) is 0 Å². The summed E-state index contributed by atoms with van der Waals surface area (Å²) in [6, 6.07) is 6.40. The molecular formula is C12H12N2O2. The van der Waals surface area contributed by atoms with E-state index in [0.717, 1.165) is 27.8 Å². The summed E-state index contributed by atoms with van der Waals surface area (Å²) >= 11 is 0. The van der Waals surface area contributed by atoms with Crippen LogP contribution in [0.25, 0.3) is 22.1 Å². The van der Waals surface area contributed by atoms with E-state index in [-0.39, 0.29) is 0 Å². The van der Waals surface area contributed by atoms with Crippen LogP contribution in [0.5, 0.6) is 0 Å². The Morgan fingerprint density at radius 2 is 1.88 bits per heavy atom. The predicted molar refractivity (Wildman–Crippen MR) is 62.8 cm³/mol. The molecule has 4 heteroatoms. The Labute approximate surface area is 92.5 Å². The van der Waals surface area contributed by atoms with Gasteiger partial charge in [-0.1, -0.05) is 0 Å². The number of fused-ring (bicyclic) bond motifs is 3. The number of hydrogen-bond donors (Lipinski definition) is 0. The van der Waals surface area contributed by atoms with Gasteiger partial charge in [0.2, 0.25) is 0 Å². The minimum absolute atomic E-state index is 0.612. The second-order valence-corrected chi connectivity index (χ2v) is 4.07. The quantitative estimate of drug-likeness (QED) is 0.627. The van der Waals surface area contributed by atoms with E-state index >= 15 is 0 Å². The largest absolute Gasteiger partial charge is 0.461 e. The molecule has 0 spiro atoms. The average molecular weight is 216 g/mol. The number of furan rings is 1. The van der Waals surface area contributed by atoms with Crippen molar-refractivity contribution < 1.29 is 8.83 Å². The number of hydrogen-bond acceptors (Lipinski definition) is 4. The monoisotopic (exact) mass is 216 g/mol. The Morgan fingerprint density at radius 3 is 2.62 bits per heavy atom. The normalized spacial score (nSPS) is 11.4.